The molecule has 4 aromatic rings. The van der Waals surface area contributed by atoms with Gasteiger partial charge in [0.25, 0.3) is 5.91 Å². The highest BCUT2D eigenvalue weighted by Gasteiger charge is 2.35. The number of hydrogen-bond donors (Lipinski definition) is 2. The van der Waals surface area contributed by atoms with Crippen LogP contribution in [0.3, 0.4) is 0 Å². The standard InChI is InChI=1S/C24H19ClF3N5O3S/c25-20-7-4-14(10-31-37(35,36)17-5-6-17)8-18(20)23(34)32-21-2-1-3-22-19(21)13-30-33(22)16-9-15(11-29-12-16)24(26,27)28/h1-4,7-9,11-13,17,31H,5-6,10H2,(H,32,34). The van der Waals surface area contributed by atoms with Crippen molar-refractivity contribution in [1.82, 2.24) is 19.5 Å². The Bertz CT molecular complexity index is 1620. The first-order chi connectivity index (χ1) is 17.5. The molecule has 0 spiro atoms. The van der Waals surface area contributed by atoms with Crippen LogP contribution < -0.4 is 10.0 Å². The number of nitrogens with one attached hydrogen (secondary N) is 2. The molecule has 1 saturated carbocycles. The highest BCUT2D eigenvalue weighted by molar-refractivity contribution is 7.90. The van der Waals surface area contributed by atoms with Gasteiger partial charge in [-0.15, -0.1) is 0 Å². The highest BCUT2D eigenvalue weighted by atomic mass is 35.5. The summed E-state index contributed by atoms with van der Waals surface area (Å²) in [5.74, 6) is -0.544. The zero-order valence-electron chi connectivity index (χ0n) is 19.0. The van der Waals surface area contributed by atoms with Crippen molar-refractivity contribution in [3.63, 3.8) is 0 Å². The number of anilines is 1. The number of benzene rings is 2. The van der Waals surface area contributed by atoms with Gasteiger partial charge in [-0.2, -0.15) is 18.3 Å². The molecule has 0 aliphatic heterocycles. The van der Waals surface area contributed by atoms with E-state index in [0.29, 0.717) is 35.0 Å². The summed E-state index contributed by atoms with van der Waals surface area (Å²) in [7, 11) is -3.39. The molecule has 1 aliphatic carbocycles. The Labute approximate surface area is 214 Å². The Morgan fingerprint density at radius 3 is 2.62 bits per heavy atom. The van der Waals surface area contributed by atoms with Crippen LogP contribution in [0.25, 0.3) is 16.6 Å². The quantitative estimate of drug-likeness (QED) is 0.340. The maximum atomic E-state index is 13.1. The minimum atomic E-state index is -4.56. The Hall–Kier alpha value is -3.48. The smallest absolute Gasteiger partial charge is 0.321 e. The van der Waals surface area contributed by atoms with Crippen LogP contribution in [0.1, 0.15) is 34.3 Å². The lowest BCUT2D eigenvalue weighted by atomic mass is 10.1. The second kappa shape index (κ2) is 9.43. The third kappa shape index (κ3) is 5.31. The van der Waals surface area contributed by atoms with E-state index < -0.39 is 27.7 Å². The number of nitrogens with zero attached hydrogens (tertiary/aromatic N) is 3. The minimum Gasteiger partial charge on any atom is -0.321 e. The van der Waals surface area contributed by atoms with Crippen molar-refractivity contribution >= 4 is 44.1 Å². The van der Waals surface area contributed by atoms with E-state index in [1.807, 2.05) is 0 Å². The summed E-state index contributed by atoms with van der Waals surface area (Å²) in [4.78, 5) is 16.8. The normalized spacial score (nSPS) is 14.2. The van der Waals surface area contributed by atoms with Crippen molar-refractivity contribution in [3.05, 3.63) is 82.8 Å². The van der Waals surface area contributed by atoms with Crippen molar-refractivity contribution in [2.24, 2.45) is 0 Å². The van der Waals surface area contributed by atoms with Crippen LogP contribution in [0.5, 0.6) is 0 Å². The van der Waals surface area contributed by atoms with Gasteiger partial charge in [-0.25, -0.2) is 17.8 Å². The van der Waals surface area contributed by atoms with E-state index in [2.05, 4.69) is 20.1 Å². The van der Waals surface area contributed by atoms with Crippen LogP contribution in [0, 0.1) is 0 Å². The molecule has 1 fully saturated rings. The summed E-state index contributed by atoms with van der Waals surface area (Å²) in [6.07, 6.45) is 0.129. The Kier molecular flexibility index (Phi) is 6.42. The summed E-state index contributed by atoms with van der Waals surface area (Å²) in [6.45, 7) is 0.0175. The van der Waals surface area contributed by atoms with E-state index in [1.165, 1.54) is 29.2 Å². The third-order valence-electron chi connectivity index (χ3n) is 5.87. The number of halogens is 4. The molecule has 2 aromatic heterocycles. The predicted octanol–water partition coefficient (Wildman–Crippen LogP) is 4.93. The van der Waals surface area contributed by atoms with Gasteiger partial charge in [-0.3, -0.25) is 9.78 Å². The number of hydrogen-bond acceptors (Lipinski definition) is 5. The lowest BCUT2D eigenvalue weighted by Gasteiger charge is -2.11. The number of sulfonamides is 1. The van der Waals surface area contributed by atoms with Crippen molar-refractivity contribution in [2.45, 2.75) is 30.8 Å². The average molecular weight is 550 g/mol. The van der Waals surface area contributed by atoms with Gasteiger partial charge in [0.15, 0.2) is 0 Å². The number of aromatic nitrogens is 3. The molecular weight excluding hydrogens is 531 g/mol. The van der Waals surface area contributed by atoms with Crippen molar-refractivity contribution in [2.75, 3.05) is 5.32 Å². The molecule has 2 N–H and O–H groups in total. The fourth-order valence-corrected chi connectivity index (χ4v) is 5.35. The predicted molar refractivity (Wildman–Crippen MR) is 132 cm³/mol. The largest absolute Gasteiger partial charge is 0.417 e. The summed E-state index contributed by atoms with van der Waals surface area (Å²) in [5, 5.41) is 7.24. The topological polar surface area (TPSA) is 106 Å². The van der Waals surface area contributed by atoms with Gasteiger partial charge in [0, 0.05) is 18.1 Å². The monoisotopic (exact) mass is 549 g/mol. The number of carbonyl (C=O) groups is 1. The Morgan fingerprint density at radius 2 is 1.89 bits per heavy atom. The molecule has 0 bridgehead atoms. The fraction of sp³-hybridized carbons (Fsp3) is 0.208. The number of fused-ring (bicyclic) bond motifs is 1. The first kappa shape index (κ1) is 25.2. The lowest BCUT2D eigenvalue weighted by Crippen LogP contribution is -2.26. The minimum absolute atomic E-state index is 0.0175. The van der Waals surface area contributed by atoms with Gasteiger partial charge >= 0.3 is 6.18 Å². The molecule has 0 atom stereocenters. The zero-order valence-corrected chi connectivity index (χ0v) is 20.5. The van der Waals surface area contributed by atoms with Gasteiger partial charge in [0.05, 0.1) is 50.7 Å². The van der Waals surface area contributed by atoms with Gasteiger partial charge in [0.1, 0.15) is 0 Å². The first-order valence-corrected chi connectivity index (χ1v) is 13.0. The summed E-state index contributed by atoms with van der Waals surface area (Å²) >= 11 is 6.25. The van der Waals surface area contributed by atoms with E-state index >= 15 is 0 Å². The molecule has 5 rings (SSSR count). The highest BCUT2D eigenvalue weighted by Crippen LogP contribution is 2.32. The van der Waals surface area contributed by atoms with E-state index in [9.17, 15) is 26.4 Å². The van der Waals surface area contributed by atoms with Gasteiger partial charge in [0.2, 0.25) is 10.0 Å². The van der Waals surface area contributed by atoms with Crippen LogP contribution in [-0.4, -0.2) is 34.3 Å². The molecule has 2 aromatic carbocycles. The number of rotatable bonds is 7. The van der Waals surface area contributed by atoms with Gasteiger partial charge in [-0.1, -0.05) is 23.7 Å². The number of alkyl halides is 3. The van der Waals surface area contributed by atoms with Crippen LogP contribution in [0.2, 0.25) is 5.02 Å². The molecule has 0 unspecified atom stereocenters. The van der Waals surface area contributed by atoms with E-state index in [-0.39, 0.29) is 28.1 Å². The second-order valence-corrected chi connectivity index (χ2v) is 11.0. The molecular formula is C24H19ClF3N5O3S. The molecule has 2 heterocycles. The number of amides is 1. The Balaban J connectivity index is 1.40. The van der Waals surface area contributed by atoms with Crippen LogP contribution in [0.15, 0.2) is 61.1 Å². The molecule has 0 radical (unpaired) electrons. The SMILES string of the molecule is O=C(Nc1cccc2c1cnn2-c1cncc(C(F)(F)F)c1)c1cc(CNS(=O)(=O)C2CC2)ccc1Cl. The van der Waals surface area contributed by atoms with Gasteiger partial charge < -0.3 is 5.32 Å². The third-order valence-corrected chi connectivity index (χ3v) is 8.10. The molecule has 37 heavy (non-hydrogen) atoms. The summed E-state index contributed by atoms with van der Waals surface area (Å²) < 4.78 is 67.5. The number of carbonyl (C=O) groups excluding carboxylic acids is 1. The van der Waals surface area contributed by atoms with Crippen LogP contribution in [0.4, 0.5) is 18.9 Å². The molecule has 1 aliphatic rings. The van der Waals surface area contributed by atoms with Crippen molar-refractivity contribution in [3.8, 4) is 5.69 Å². The molecule has 0 saturated heterocycles. The van der Waals surface area contributed by atoms with E-state index in [0.717, 1.165) is 12.3 Å². The molecule has 1 amide bonds. The van der Waals surface area contributed by atoms with Gasteiger partial charge in [-0.05, 0) is 48.7 Å². The number of pyridine rings is 1. The second-order valence-electron chi connectivity index (χ2n) is 8.56. The fourth-order valence-electron chi connectivity index (χ4n) is 3.79. The maximum absolute atomic E-state index is 13.1. The molecule has 8 nitrogen and oxygen atoms in total. The van der Waals surface area contributed by atoms with Crippen LogP contribution >= 0.6 is 11.6 Å². The maximum Gasteiger partial charge on any atom is 0.417 e. The zero-order chi connectivity index (χ0) is 26.4. The molecule has 13 heteroatoms. The van der Waals surface area contributed by atoms with Crippen molar-refractivity contribution < 1.29 is 26.4 Å². The Morgan fingerprint density at radius 1 is 1.11 bits per heavy atom. The first-order valence-electron chi connectivity index (χ1n) is 11.1. The average Bonchev–Trinajstić information content (AvgIpc) is 3.63. The summed E-state index contributed by atoms with van der Waals surface area (Å²) in [5.41, 5.74) is 0.709. The summed E-state index contributed by atoms with van der Waals surface area (Å²) in [6, 6.07) is 10.5. The van der Waals surface area contributed by atoms with Crippen molar-refractivity contribution in [1.29, 1.82) is 0 Å². The van der Waals surface area contributed by atoms with Crippen LogP contribution in [-0.2, 0) is 22.7 Å². The molecule has 192 valence electrons. The van der Waals surface area contributed by atoms with E-state index in [4.69, 9.17) is 11.6 Å². The lowest BCUT2D eigenvalue weighted by molar-refractivity contribution is -0.137. The van der Waals surface area contributed by atoms with E-state index in [1.54, 1.807) is 24.3 Å².